The molecule has 2 aliphatic rings. The van der Waals surface area contributed by atoms with Gasteiger partial charge in [-0.05, 0) is 38.4 Å². The largest absolute Gasteiger partial charge is 0.381 e. The predicted molar refractivity (Wildman–Crippen MR) is 60.3 cm³/mol. The molecule has 2 rings (SSSR count). The number of ether oxygens (including phenoxy) is 1. The number of hydrogen-bond donors (Lipinski definition) is 2. The van der Waals surface area contributed by atoms with Crippen molar-refractivity contribution in [1.29, 1.82) is 0 Å². The molecule has 1 aliphatic heterocycles. The first-order valence-electron chi connectivity index (χ1n) is 5.40. The average Bonchev–Trinajstić information content (AvgIpc) is 2.80. The summed E-state index contributed by atoms with van der Waals surface area (Å²) in [5, 5.41) is 7.43. The summed E-state index contributed by atoms with van der Waals surface area (Å²) < 4.78 is 5.35. The summed E-state index contributed by atoms with van der Waals surface area (Å²) in [6, 6.07) is 1.07. The molecule has 1 aliphatic carbocycles. The SMILES string of the molecule is CC(NC(=S)NC1CC1)C1CCOC1. The van der Waals surface area contributed by atoms with Crippen LogP contribution in [0.3, 0.4) is 0 Å². The van der Waals surface area contributed by atoms with Gasteiger partial charge in [-0.2, -0.15) is 0 Å². The van der Waals surface area contributed by atoms with Gasteiger partial charge >= 0.3 is 0 Å². The van der Waals surface area contributed by atoms with Crippen LogP contribution in [0.25, 0.3) is 0 Å². The van der Waals surface area contributed by atoms with E-state index in [0.29, 0.717) is 18.0 Å². The maximum atomic E-state index is 5.35. The van der Waals surface area contributed by atoms with Crippen LogP contribution in [0.5, 0.6) is 0 Å². The van der Waals surface area contributed by atoms with E-state index in [1.54, 1.807) is 0 Å². The maximum absolute atomic E-state index is 5.35. The molecule has 2 fully saturated rings. The first-order chi connectivity index (χ1) is 6.75. The van der Waals surface area contributed by atoms with Crippen LogP contribution in [0.15, 0.2) is 0 Å². The van der Waals surface area contributed by atoms with Gasteiger partial charge in [0.2, 0.25) is 0 Å². The van der Waals surface area contributed by atoms with Gasteiger partial charge in [-0.25, -0.2) is 0 Å². The Labute approximate surface area is 90.6 Å². The van der Waals surface area contributed by atoms with Crippen LogP contribution >= 0.6 is 12.2 Å². The van der Waals surface area contributed by atoms with E-state index in [0.717, 1.165) is 24.7 Å². The highest BCUT2D eigenvalue weighted by atomic mass is 32.1. The topological polar surface area (TPSA) is 33.3 Å². The molecule has 4 heteroatoms. The lowest BCUT2D eigenvalue weighted by molar-refractivity contribution is 0.180. The Kier molecular flexibility index (Phi) is 3.23. The molecule has 0 aromatic carbocycles. The van der Waals surface area contributed by atoms with Crippen molar-refractivity contribution in [2.24, 2.45) is 5.92 Å². The summed E-state index contributed by atoms with van der Waals surface area (Å²) in [5.41, 5.74) is 0. The van der Waals surface area contributed by atoms with Crippen LogP contribution in [0.2, 0.25) is 0 Å². The van der Waals surface area contributed by atoms with E-state index in [4.69, 9.17) is 17.0 Å². The Balaban J connectivity index is 1.69. The summed E-state index contributed by atoms with van der Waals surface area (Å²) in [4.78, 5) is 0. The third kappa shape index (κ3) is 2.82. The van der Waals surface area contributed by atoms with Gasteiger partial charge in [-0.3, -0.25) is 0 Å². The Morgan fingerprint density at radius 1 is 1.43 bits per heavy atom. The van der Waals surface area contributed by atoms with E-state index in [9.17, 15) is 0 Å². The minimum Gasteiger partial charge on any atom is -0.381 e. The van der Waals surface area contributed by atoms with Crippen LogP contribution < -0.4 is 10.6 Å². The molecule has 0 bridgehead atoms. The van der Waals surface area contributed by atoms with Gasteiger partial charge < -0.3 is 15.4 Å². The van der Waals surface area contributed by atoms with E-state index in [1.807, 2.05) is 0 Å². The number of thiocarbonyl (C=S) groups is 1. The lowest BCUT2D eigenvalue weighted by atomic mass is 10.0. The fraction of sp³-hybridized carbons (Fsp3) is 0.900. The van der Waals surface area contributed by atoms with Crippen LogP contribution in [0.4, 0.5) is 0 Å². The van der Waals surface area contributed by atoms with Crippen molar-refractivity contribution >= 4 is 17.3 Å². The summed E-state index contributed by atoms with van der Waals surface area (Å²) in [6.45, 7) is 3.96. The third-order valence-corrected chi connectivity index (χ3v) is 3.18. The number of nitrogens with one attached hydrogen (secondary N) is 2. The van der Waals surface area contributed by atoms with Gasteiger partial charge in [0.05, 0.1) is 6.61 Å². The van der Waals surface area contributed by atoms with Crippen molar-refractivity contribution in [2.45, 2.75) is 38.3 Å². The highest BCUT2D eigenvalue weighted by molar-refractivity contribution is 7.80. The van der Waals surface area contributed by atoms with Crippen molar-refractivity contribution in [3.05, 3.63) is 0 Å². The quantitative estimate of drug-likeness (QED) is 0.688. The molecule has 14 heavy (non-hydrogen) atoms. The molecule has 0 aromatic rings. The molecule has 80 valence electrons. The minimum absolute atomic E-state index is 0.427. The van der Waals surface area contributed by atoms with E-state index < -0.39 is 0 Å². The molecule has 1 saturated carbocycles. The van der Waals surface area contributed by atoms with Crippen LogP contribution in [-0.2, 0) is 4.74 Å². The second-order valence-corrected chi connectivity index (χ2v) is 4.71. The Bertz CT molecular complexity index is 212. The highest BCUT2D eigenvalue weighted by Gasteiger charge is 2.25. The summed E-state index contributed by atoms with van der Waals surface area (Å²) in [5.74, 6) is 0.619. The van der Waals surface area contributed by atoms with Crippen molar-refractivity contribution in [1.82, 2.24) is 10.6 Å². The fourth-order valence-electron chi connectivity index (χ4n) is 1.73. The predicted octanol–water partition coefficient (Wildman–Crippen LogP) is 1.04. The zero-order chi connectivity index (χ0) is 9.97. The van der Waals surface area contributed by atoms with Crippen molar-refractivity contribution in [3.63, 3.8) is 0 Å². The lowest BCUT2D eigenvalue weighted by Crippen LogP contribution is -2.44. The molecule has 1 heterocycles. The highest BCUT2D eigenvalue weighted by Crippen LogP contribution is 2.19. The first-order valence-corrected chi connectivity index (χ1v) is 5.81. The van der Waals surface area contributed by atoms with Gasteiger partial charge in [0.1, 0.15) is 0 Å². The molecular formula is C10H18N2OS. The normalized spacial score (nSPS) is 28.5. The zero-order valence-corrected chi connectivity index (χ0v) is 9.40. The van der Waals surface area contributed by atoms with Crippen molar-refractivity contribution in [2.75, 3.05) is 13.2 Å². The van der Waals surface area contributed by atoms with Gasteiger partial charge in [-0.1, -0.05) is 0 Å². The van der Waals surface area contributed by atoms with Crippen LogP contribution in [-0.4, -0.2) is 30.4 Å². The van der Waals surface area contributed by atoms with Gasteiger partial charge in [0.15, 0.2) is 5.11 Å². The van der Waals surface area contributed by atoms with Crippen LogP contribution in [0.1, 0.15) is 26.2 Å². The maximum Gasteiger partial charge on any atom is 0.166 e. The summed E-state index contributed by atoms with van der Waals surface area (Å²) >= 11 is 5.22. The summed E-state index contributed by atoms with van der Waals surface area (Å²) in [7, 11) is 0. The standard InChI is InChI=1S/C10H18N2OS/c1-7(8-4-5-13-6-8)11-10(14)12-9-2-3-9/h7-9H,2-6H2,1H3,(H2,11,12,14). The molecule has 3 nitrogen and oxygen atoms in total. The monoisotopic (exact) mass is 214 g/mol. The number of rotatable bonds is 3. The molecule has 2 N–H and O–H groups in total. The van der Waals surface area contributed by atoms with E-state index >= 15 is 0 Å². The van der Waals surface area contributed by atoms with Gasteiger partial charge in [-0.15, -0.1) is 0 Å². The molecule has 2 unspecified atom stereocenters. The first kappa shape index (κ1) is 10.2. The Hall–Kier alpha value is -0.350. The van der Waals surface area contributed by atoms with Crippen molar-refractivity contribution in [3.8, 4) is 0 Å². The fourth-order valence-corrected chi connectivity index (χ4v) is 2.08. The second kappa shape index (κ2) is 4.45. The lowest BCUT2D eigenvalue weighted by Gasteiger charge is -2.21. The van der Waals surface area contributed by atoms with Gasteiger partial charge in [0, 0.05) is 24.6 Å². The van der Waals surface area contributed by atoms with E-state index in [2.05, 4.69) is 17.6 Å². The smallest absolute Gasteiger partial charge is 0.166 e. The average molecular weight is 214 g/mol. The molecule has 2 atom stereocenters. The van der Waals surface area contributed by atoms with Crippen LogP contribution in [0, 0.1) is 5.92 Å². The molecule has 0 aromatic heterocycles. The summed E-state index contributed by atoms with van der Waals surface area (Å²) in [6.07, 6.45) is 3.69. The third-order valence-electron chi connectivity index (χ3n) is 2.94. The molecular weight excluding hydrogens is 196 g/mol. The van der Waals surface area contributed by atoms with E-state index in [-0.39, 0.29) is 0 Å². The Morgan fingerprint density at radius 3 is 2.79 bits per heavy atom. The minimum atomic E-state index is 0.427. The zero-order valence-electron chi connectivity index (χ0n) is 8.58. The molecule has 0 spiro atoms. The Morgan fingerprint density at radius 2 is 2.21 bits per heavy atom. The number of hydrogen-bond acceptors (Lipinski definition) is 2. The second-order valence-electron chi connectivity index (χ2n) is 4.30. The van der Waals surface area contributed by atoms with Crippen molar-refractivity contribution < 1.29 is 4.74 Å². The molecule has 0 amide bonds. The van der Waals surface area contributed by atoms with Gasteiger partial charge in [0.25, 0.3) is 0 Å². The molecule has 0 radical (unpaired) electrons. The molecule has 1 saturated heterocycles. The van der Waals surface area contributed by atoms with E-state index in [1.165, 1.54) is 12.8 Å².